The zero-order valence-electron chi connectivity index (χ0n) is 13.4. The predicted octanol–water partition coefficient (Wildman–Crippen LogP) is 4.61. The molecule has 0 amide bonds. The highest BCUT2D eigenvalue weighted by Crippen LogP contribution is 2.47. The van der Waals surface area contributed by atoms with Crippen LogP contribution in [0.15, 0.2) is 22.7 Å². The number of rotatable bonds is 3. The summed E-state index contributed by atoms with van der Waals surface area (Å²) in [6, 6.07) is 6.95. The Balaban J connectivity index is 2.35. The monoisotopic (exact) mass is 339 g/mol. The fraction of sp³-hybridized carbons (Fsp3) is 0.647. The molecule has 1 fully saturated rings. The molecule has 2 unspecified atom stereocenters. The van der Waals surface area contributed by atoms with Crippen molar-refractivity contribution < 1.29 is 4.74 Å². The largest absolute Gasteiger partial charge is 0.369 e. The molecule has 0 aromatic heterocycles. The van der Waals surface area contributed by atoms with Gasteiger partial charge in [0.15, 0.2) is 0 Å². The molecule has 2 rings (SSSR count). The third-order valence-electron chi connectivity index (χ3n) is 4.41. The van der Waals surface area contributed by atoms with Crippen molar-refractivity contribution in [2.75, 3.05) is 7.05 Å². The standard InChI is InChI=1S/C17H26BrNO/c1-11-7-8-12(9-14(11)18)15(19-6)13-10-16(2,3)20-17(13,4)5/h7-9,13,15,19H,10H2,1-6H3. The van der Waals surface area contributed by atoms with E-state index >= 15 is 0 Å². The van der Waals surface area contributed by atoms with E-state index in [0.717, 1.165) is 6.42 Å². The molecule has 1 heterocycles. The Hall–Kier alpha value is -0.380. The first-order chi connectivity index (χ1) is 9.16. The van der Waals surface area contributed by atoms with Gasteiger partial charge in [-0.3, -0.25) is 0 Å². The molecule has 112 valence electrons. The van der Waals surface area contributed by atoms with E-state index in [1.54, 1.807) is 0 Å². The second-order valence-corrected chi connectivity index (χ2v) is 7.91. The lowest BCUT2D eigenvalue weighted by Gasteiger charge is -2.33. The molecule has 1 aromatic carbocycles. The lowest BCUT2D eigenvalue weighted by atomic mass is 9.79. The summed E-state index contributed by atoms with van der Waals surface area (Å²) in [5.41, 5.74) is 2.43. The number of aryl methyl sites for hydroxylation is 1. The van der Waals surface area contributed by atoms with Crippen LogP contribution in [-0.2, 0) is 4.74 Å². The van der Waals surface area contributed by atoms with E-state index in [0.29, 0.717) is 12.0 Å². The molecule has 0 spiro atoms. The minimum absolute atomic E-state index is 0.0504. The summed E-state index contributed by atoms with van der Waals surface area (Å²) in [6.45, 7) is 10.9. The number of hydrogen-bond acceptors (Lipinski definition) is 2. The highest BCUT2D eigenvalue weighted by molar-refractivity contribution is 9.10. The fourth-order valence-electron chi connectivity index (χ4n) is 3.53. The molecular formula is C17H26BrNO. The summed E-state index contributed by atoms with van der Waals surface area (Å²) < 4.78 is 7.43. The van der Waals surface area contributed by atoms with Crippen molar-refractivity contribution >= 4 is 15.9 Å². The third kappa shape index (κ3) is 3.10. The lowest BCUT2D eigenvalue weighted by Crippen LogP contribution is -2.37. The molecule has 3 heteroatoms. The van der Waals surface area contributed by atoms with E-state index in [1.807, 2.05) is 7.05 Å². The van der Waals surface area contributed by atoms with Crippen molar-refractivity contribution in [3.8, 4) is 0 Å². The highest BCUT2D eigenvalue weighted by atomic mass is 79.9. The Kier molecular flexibility index (Phi) is 4.35. The van der Waals surface area contributed by atoms with Crippen molar-refractivity contribution in [3.05, 3.63) is 33.8 Å². The highest BCUT2D eigenvalue weighted by Gasteiger charge is 2.49. The minimum atomic E-state index is -0.117. The van der Waals surface area contributed by atoms with Gasteiger partial charge in [-0.15, -0.1) is 0 Å². The number of nitrogens with one attached hydrogen (secondary N) is 1. The Bertz CT molecular complexity index is 496. The summed E-state index contributed by atoms with van der Waals surface area (Å²) in [6.07, 6.45) is 1.07. The van der Waals surface area contributed by atoms with Crippen molar-refractivity contribution in [2.45, 2.75) is 58.3 Å². The average molecular weight is 340 g/mol. The normalized spacial score (nSPS) is 25.6. The molecule has 2 atom stereocenters. The molecule has 2 nitrogen and oxygen atoms in total. The predicted molar refractivity (Wildman–Crippen MR) is 88.0 cm³/mol. The van der Waals surface area contributed by atoms with Crippen LogP contribution in [0.4, 0.5) is 0 Å². The van der Waals surface area contributed by atoms with E-state index < -0.39 is 0 Å². The van der Waals surface area contributed by atoms with Crippen LogP contribution < -0.4 is 5.32 Å². The van der Waals surface area contributed by atoms with Gasteiger partial charge in [0.1, 0.15) is 0 Å². The van der Waals surface area contributed by atoms with Crippen molar-refractivity contribution in [1.29, 1.82) is 0 Å². The second-order valence-electron chi connectivity index (χ2n) is 7.05. The fourth-order valence-corrected chi connectivity index (χ4v) is 3.92. The van der Waals surface area contributed by atoms with E-state index in [1.165, 1.54) is 15.6 Å². The Morgan fingerprint density at radius 1 is 1.30 bits per heavy atom. The molecule has 1 aliphatic heterocycles. The molecule has 0 saturated carbocycles. The second kappa shape index (κ2) is 5.43. The zero-order chi connectivity index (χ0) is 15.1. The quantitative estimate of drug-likeness (QED) is 0.867. The molecule has 1 N–H and O–H groups in total. The molecule has 0 radical (unpaired) electrons. The van der Waals surface area contributed by atoms with E-state index in [4.69, 9.17) is 4.74 Å². The summed E-state index contributed by atoms with van der Waals surface area (Å²) in [4.78, 5) is 0. The van der Waals surface area contributed by atoms with E-state index in [-0.39, 0.29) is 11.2 Å². The van der Waals surface area contributed by atoms with Gasteiger partial charge in [0, 0.05) is 16.4 Å². The van der Waals surface area contributed by atoms with Crippen molar-refractivity contribution in [3.63, 3.8) is 0 Å². The van der Waals surface area contributed by atoms with Crippen LogP contribution in [0.2, 0.25) is 0 Å². The molecule has 1 saturated heterocycles. The van der Waals surface area contributed by atoms with E-state index in [9.17, 15) is 0 Å². The topological polar surface area (TPSA) is 21.3 Å². The first-order valence-electron chi connectivity index (χ1n) is 7.30. The zero-order valence-corrected chi connectivity index (χ0v) is 15.0. The number of ether oxygens (including phenoxy) is 1. The maximum absolute atomic E-state index is 6.26. The number of hydrogen-bond donors (Lipinski definition) is 1. The molecule has 1 aromatic rings. The first kappa shape index (κ1) is 16.0. The van der Waals surface area contributed by atoms with Gasteiger partial charge in [-0.05, 0) is 65.3 Å². The van der Waals surface area contributed by atoms with E-state index in [2.05, 4.69) is 74.1 Å². The van der Waals surface area contributed by atoms with Gasteiger partial charge in [-0.25, -0.2) is 0 Å². The first-order valence-corrected chi connectivity index (χ1v) is 8.09. The number of benzene rings is 1. The van der Waals surface area contributed by atoms with Gasteiger partial charge >= 0.3 is 0 Å². The maximum atomic E-state index is 6.26. The SMILES string of the molecule is CNC(c1ccc(C)c(Br)c1)C1CC(C)(C)OC1(C)C. The molecule has 0 aliphatic carbocycles. The molecule has 1 aliphatic rings. The van der Waals surface area contributed by atoms with Crippen LogP contribution in [0, 0.1) is 12.8 Å². The Morgan fingerprint density at radius 2 is 1.95 bits per heavy atom. The smallest absolute Gasteiger partial charge is 0.0681 e. The van der Waals surface area contributed by atoms with Crippen LogP contribution in [0.3, 0.4) is 0 Å². The Morgan fingerprint density at radius 3 is 2.40 bits per heavy atom. The van der Waals surface area contributed by atoms with Gasteiger partial charge in [0.2, 0.25) is 0 Å². The molecule has 0 bridgehead atoms. The Labute approximate surface area is 131 Å². The average Bonchev–Trinajstić information content (AvgIpc) is 2.53. The summed E-state index contributed by atoms with van der Waals surface area (Å²) >= 11 is 3.64. The van der Waals surface area contributed by atoms with Gasteiger partial charge in [-0.2, -0.15) is 0 Å². The lowest BCUT2D eigenvalue weighted by molar-refractivity contribution is -0.0776. The number of halogens is 1. The summed E-state index contributed by atoms with van der Waals surface area (Å²) in [5, 5.41) is 3.50. The molecular weight excluding hydrogens is 314 g/mol. The summed E-state index contributed by atoms with van der Waals surface area (Å²) in [5.74, 6) is 0.456. The van der Waals surface area contributed by atoms with Crippen LogP contribution in [0.5, 0.6) is 0 Å². The van der Waals surface area contributed by atoms with Gasteiger partial charge in [-0.1, -0.05) is 28.1 Å². The minimum Gasteiger partial charge on any atom is -0.369 e. The maximum Gasteiger partial charge on any atom is 0.0681 e. The van der Waals surface area contributed by atoms with Crippen molar-refractivity contribution in [2.24, 2.45) is 5.92 Å². The van der Waals surface area contributed by atoms with Crippen molar-refractivity contribution in [1.82, 2.24) is 5.32 Å². The van der Waals surface area contributed by atoms with Gasteiger partial charge in [0.25, 0.3) is 0 Å². The van der Waals surface area contributed by atoms with Crippen LogP contribution in [0.25, 0.3) is 0 Å². The van der Waals surface area contributed by atoms with Crippen LogP contribution >= 0.6 is 15.9 Å². The van der Waals surface area contributed by atoms with Crippen LogP contribution in [-0.4, -0.2) is 18.2 Å². The van der Waals surface area contributed by atoms with Crippen LogP contribution in [0.1, 0.15) is 51.3 Å². The third-order valence-corrected chi connectivity index (χ3v) is 5.27. The van der Waals surface area contributed by atoms with Gasteiger partial charge < -0.3 is 10.1 Å². The van der Waals surface area contributed by atoms with Gasteiger partial charge in [0.05, 0.1) is 11.2 Å². The summed E-state index contributed by atoms with van der Waals surface area (Å²) in [7, 11) is 2.04. The molecule has 20 heavy (non-hydrogen) atoms.